The van der Waals surface area contributed by atoms with Crippen molar-refractivity contribution in [3.8, 4) is 0 Å². The van der Waals surface area contributed by atoms with Gasteiger partial charge in [0.05, 0.1) is 0 Å². The fraction of sp³-hybridized carbons (Fsp3) is 0.600. The Morgan fingerprint density at radius 1 is 1.38 bits per heavy atom. The summed E-state index contributed by atoms with van der Waals surface area (Å²) in [5, 5.41) is 7.09. The lowest BCUT2D eigenvalue weighted by molar-refractivity contribution is 0.497. The second-order valence-electron chi connectivity index (χ2n) is 3.80. The quantitative estimate of drug-likeness (QED) is 0.669. The van der Waals surface area contributed by atoms with Crippen molar-refractivity contribution in [2.24, 2.45) is 0 Å². The van der Waals surface area contributed by atoms with Crippen LogP contribution in [0.2, 0.25) is 0 Å². The molecule has 0 aromatic carbocycles. The molecular weight excluding hydrogens is 162 g/mol. The number of rotatable bonds is 1. The maximum absolute atomic E-state index is 4.36. The number of allylic oxidation sites excluding steroid dienone is 1. The van der Waals surface area contributed by atoms with E-state index in [0.29, 0.717) is 5.92 Å². The first-order valence-corrected chi connectivity index (χ1v) is 4.81. The monoisotopic (exact) mass is 177 g/mol. The van der Waals surface area contributed by atoms with Crippen LogP contribution in [0.5, 0.6) is 0 Å². The molecule has 3 nitrogen and oxygen atoms in total. The number of hydrogen-bond donors (Lipinski definition) is 1. The third kappa shape index (κ3) is 1.79. The maximum atomic E-state index is 4.36. The van der Waals surface area contributed by atoms with Gasteiger partial charge in [-0.15, -0.1) is 0 Å². The van der Waals surface area contributed by atoms with E-state index in [2.05, 4.69) is 21.8 Å². The summed E-state index contributed by atoms with van der Waals surface area (Å²) in [4.78, 5) is 4.36. The Morgan fingerprint density at radius 2 is 2.08 bits per heavy atom. The average Bonchev–Trinajstić information content (AvgIpc) is 2.53. The Morgan fingerprint density at radius 3 is 2.62 bits per heavy atom. The molecule has 1 aromatic heterocycles. The molecule has 1 heterocycles. The van der Waals surface area contributed by atoms with Crippen molar-refractivity contribution in [3.05, 3.63) is 23.8 Å². The Labute approximate surface area is 78.3 Å². The van der Waals surface area contributed by atoms with Crippen molar-refractivity contribution in [2.45, 2.75) is 38.5 Å². The van der Waals surface area contributed by atoms with Crippen molar-refractivity contribution in [1.29, 1.82) is 0 Å². The van der Waals surface area contributed by atoms with Gasteiger partial charge < -0.3 is 0 Å². The zero-order chi connectivity index (χ0) is 9.26. The summed E-state index contributed by atoms with van der Waals surface area (Å²) in [7, 11) is 0. The third-order valence-electron chi connectivity index (χ3n) is 2.67. The lowest BCUT2D eigenvalue weighted by atomic mass is 9.86. The van der Waals surface area contributed by atoms with Crippen LogP contribution in [0.15, 0.2) is 12.2 Å². The molecule has 0 bridgehead atoms. The van der Waals surface area contributed by atoms with Gasteiger partial charge in [-0.2, -0.15) is 5.10 Å². The van der Waals surface area contributed by atoms with Gasteiger partial charge in [-0.25, -0.2) is 4.98 Å². The molecule has 0 spiro atoms. The molecule has 2 rings (SSSR count). The van der Waals surface area contributed by atoms with Gasteiger partial charge in [0.15, 0.2) is 5.82 Å². The fourth-order valence-electron chi connectivity index (χ4n) is 1.83. The molecule has 1 aliphatic carbocycles. The Bertz CT molecular complexity index is 304. The number of aromatic nitrogens is 3. The van der Waals surface area contributed by atoms with E-state index in [-0.39, 0.29) is 0 Å². The van der Waals surface area contributed by atoms with E-state index in [1.807, 2.05) is 6.92 Å². The summed E-state index contributed by atoms with van der Waals surface area (Å²) in [6.45, 7) is 5.94. The Kier molecular flexibility index (Phi) is 2.17. The Balaban J connectivity index is 2.06. The molecule has 1 aliphatic rings. The Hall–Kier alpha value is -1.12. The number of nitrogens with one attached hydrogen (secondary N) is 1. The van der Waals surface area contributed by atoms with Crippen molar-refractivity contribution in [2.75, 3.05) is 0 Å². The van der Waals surface area contributed by atoms with Crippen LogP contribution in [0.25, 0.3) is 0 Å². The summed E-state index contributed by atoms with van der Waals surface area (Å²) in [6, 6.07) is 0. The van der Waals surface area contributed by atoms with Crippen LogP contribution < -0.4 is 0 Å². The molecule has 0 unspecified atom stereocenters. The standard InChI is InChI=1S/C10H15N3/c1-7-3-5-9(6-4-7)10-11-8(2)12-13-10/h9H,1,3-6H2,2H3,(H,11,12,13). The normalized spacial score (nSPS) is 19.3. The minimum Gasteiger partial charge on any atom is -0.263 e. The van der Waals surface area contributed by atoms with E-state index in [1.54, 1.807) is 0 Å². The highest BCUT2D eigenvalue weighted by Crippen LogP contribution is 2.32. The van der Waals surface area contributed by atoms with Crippen LogP contribution in [0.3, 0.4) is 0 Å². The summed E-state index contributed by atoms with van der Waals surface area (Å²) >= 11 is 0. The van der Waals surface area contributed by atoms with E-state index in [0.717, 1.165) is 37.3 Å². The van der Waals surface area contributed by atoms with Crippen LogP contribution in [-0.4, -0.2) is 15.2 Å². The first kappa shape index (κ1) is 8.48. The van der Waals surface area contributed by atoms with Crippen LogP contribution in [0.1, 0.15) is 43.3 Å². The molecule has 13 heavy (non-hydrogen) atoms. The minimum absolute atomic E-state index is 0.551. The van der Waals surface area contributed by atoms with Gasteiger partial charge in [0.2, 0.25) is 0 Å². The van der Waals surface area contributed by atoms with E-state index >= 15 is 0 Å². The molecule has 1 aromatic rings. The van der Waals surface area contributed by atoms with E-state index in [1.165, 1.54) is 5.57 Å². The number of H-pyrrole nitrogens is 1. The summed E-state index contributed by atoms with van der Waals surface area (Å²) in [5.41, 5.74) is 1.38. The van der Waals surface area contributed by atoms with Crippen LogP contribution >= 0.6 is 0 Å². The molecule has 3 heteroatoms. The smallest absolute Gasteiger partial charge is 0.153 e. The first-order chi connectivity index (χ1) is 6.25. The number of hydrogen-bond acceptors (Lipinski definition) is 2. The third-order valence-corrected chi connectivity index (χ3v) is 2.67. The van der Waals surface area contributed by atoms with Gasteiger partial charge in [0, 0.05) is 5.92 Å². The predicted octanol–water partition coefficient (Wildman–Crippen LogP) is 2.33. The summed E-state index contributed by atoms with van der Waals surface area (Å²) in [6.07, 6.45) is 4.60. The molecule has 1 fully saturated rings. The van der Waals surface area contributed by atoms with Gasteiger partial charge >= 0.3 is 0 Å². The zero-order valence-corrected chi connectivity index (χ0v) is 8.01. The van der Waals surface area contributed by atoms with Gasteiger partial charge in [-0.05, 0) is 32.6 Å². The van der Waals surface area contributed by atoms with Crippen LogP contribution in [-0.2, 0) is 0 Å². The van der Waals surface area contributed by atoms with Gasteiger partial charge in [-0.1, -0.05) is 12.2 Å². The fourth-order valence-corrected chi connectivity index (χ4v) is 1.83. The largest absolute Gasteiger partial charge is 0.263 e. The second kappa shape index (κ2) is 3.32. The SMILES string of the molecule is C=C1CCC(c2n[nH]c(C)n2)CC1. The highest BCUT2D eigenvalue weighted by atomic mass is 15.2. The summed E-state index contributed by atoms with van der Waals surface area (Å²) < 4.78 is 0. The molecule has 0 aliphatic heterocycles. The van der Waals surface area contributed by atoms with Crippen LogP contribution in [0, 0.1) is 6.92 Å². The van der Waals surface area contributed by atoms with Crippen molar-refractivity contribution < 1.29 is 0 Å². The molecule has 0 saturated heterocycles. The molecule has 70 valence electrons. The molecule has 1 N–H and O–H groups in total. The molecule has 1 saturated carbocycles. The number of aryl methyl sites for hydroxylation is 1. The molecule has 0 amide bonds. The lowest BCUT2D eigenvalue weighted by Crippen LogP contribution is -2.07. The molecule has 0 radical (unpaired) electrons. The molecule has 0 atom stereocenters. The second-order valence-corrected chi connectivity index (χ2v) is 3.80. The number of nitrogens with zero attached hydrogens (tertiary/aromatic N) is 2. The lowest BCUT2D eigenvalue weighted by Gasteiger charge is -2.20. The minimum atomic E-state index is 0.551. The predicted molar refractivity (Wildman–Crippen MR) is 51.5 cm³/mol. The highest BCUT2D eigenvalue weighted by Gasteiger charge is 2.20. The van der Waals surface area contributed by atoms with Gasteiger partial charge in [-0.3, -0.25) is 5.10 Å². The topological polar surface area (TPSA) is 41.6 Å². The van der Waals surface area contributed by atoms with E-state index < -0.39 is 0 Å². The zero-order valence-electron chi connectivity index (χ0n) is 8.01. The van der Waals surface area contributed by atoms with Crippen LogP contribution in [0.4, 0.5) is 0 Å². The van der Waals surface area contributed by atoms with Crippen molar-refractivity contribution >= 4 is 0 Å². The molecular formula is C10H15N3. The van der Waals surface area contributed by atoms with Gasteiger partial charge in [0.25, 0.3) is 0 Å². The van der Waals surface area contributed by atoms with Crippen molar-refractivity contribution in [3.63, 3.8) is 0 Å². The summed E-state index contributed by atoms with van der Waals surface area (Å²) in [5.74, 6) is 2.46. The number of aromatic amines is 1. The average molecular weight is 177 g/mol. The van der Waals surface area contributed by atoms with E-state index in [4.69, 9.17) is 0 Å². The maximum Gasteiger partial charge on any atom is 0.153 e. The van der Waals surface area contributed by atoms with Crippen molar-refractivity contribution in [1.82, 2.24) is 15.2 Å². The highest BCUT2D eigenvalue weighted by molar-refractivity contribution is 5.06. The van der Waals surface area contributed by atoms with Gasteiger partial charge in [0.1, 0.15) is 5.82 Å². The first-order valence-electron chi connectivity index (χ1n) is 4.81. The van der Waals surface area contributed by atoms with E-state index in [9.17, 15) is 0 Å².